The molecule has 0 unspecified atom stereocenters. The Morgan fingerprint density at radius 1 is 1.07 bits per heavy atom. The topological polar surface area (TPSA) is 62.8 Å². The Morgan fingerprint density at radius 3 is 2.59 bits per heavy atom. The van der Waals surface area contributed by atoms with Crippen molar-refractivity contribution >= 4 is 38.7 Å². The van der Waals surface area contributed by atoms with E-state index in [9.17, 15) is 9.59 Å². The molecule has 4 rings (SSSR count). The van der Waals surface area contributed by atoms with E-state index in [1.54, 1.807) is 18.3 Å². The third kappa shape index (κ3) is 3.96. The lowest BCUT2D eigenvalue weighted by molar-refractivity contribution is 0.104. The lowest BCUT2D eigenvalue weighted by Crippen LogP contribution is -2.18. The van der Waals surface area contributed by atoms with Crippen molar-refractivity contribution in [1.29, 1.82) is 0 Å². The summed E-state index contributed by atoms with van der Waals surface area (Å²) in [4.78, 5) is 33.0. The van der Waals surface area contributed by atoms with Crippen LogP contribution in [0.3, 0.4) is 0 Å². The van der Waals surface area contributed by atoms with Gasteiger partial charge in [0, 0.05) is 27.1 Å². The number of carbonyl (C=O) groups is 1. The number of benzene rings is 2. The number of allylic oxidation sites excluding steroid dienone is 1. The summed E-state index contributed by atoms with van der Waals surface area (Å²) < 4.78 is 0.855. The fourth-order valence-electron chi connectivity index (χ4n) is 3.28. The van der Waals surface area contributed by atoms with Gasteiger partial charge < -0.3 is 4.98 Å². The number of nitrogens with zero attached hydrogens (tertiary/aromatic N) is 1. The van der Waals surface area contributed by atoms with E-state index in [0.29, 0.717) is 16.8 Å². The van der Waals surface area contributed by atoms with E-state index in [4.69, 9.17) is 0 Å². The van der Waals surface area contributed by atoms with E-state index in [1.807, 2.05) is 61.5 Å². The van der Waals surface area contributed by atoms with Crippen molar-refractivity contribution in [2.75, 3.05) is 0 Å². The number of halogens is 1. The van der Waals surface area contributed by atoms with Crippen molar-refractivity contribution in [1.82, 2.24) is 9.97 Å². The van der Waals surface area contributed by atoms with Crippen molar-refractivity contribution in [2.24, 2.45) is 0 Å². The minimum absolute atomic E-state index is 0.127. The Labute approximate surface area is 176 Å². The van der Waals surface area contributed by atoms with Crippen molar-refractivity contribution in [3.05, 3.63) is 105 Å². The van der Waals surface area contributed by atoms with Crippen LogP contribution in [0.25, 0.3) is 28.1 Å². The second-order valence-corrected chi connectivity index (χ2v) is 7.63. The Balaban J connectivity index is 1.91. The Morgan fingerprint density at radius 2 is 1.86 bits per heavy atom. The van der Waals surface area contributed by atoms with E-state index < -0.39 is 5.56 Å². The van der Waals surface area contributed by atoms with Crippen molar-refractivity contribution in [2.45, 2.75) is 6.92 Å². The zero-order chi connectivity index (χ0) is 20.4. The highest BCUT2D eigenvalue weighted by Crippen LogP contribution is 2.30. The number of aromatic nitrogens is 2. The normalized spacial score (nSPS) is 11.2. The van der Waals surface area contributed by atoms with E-state index in [0.717, 1.165) is 21.0 Å². The van der Waals surface area contributed by atoms with E-state index in [2.05, 4.69) is 25.9 Å². The number of rotatable bonds is 4. The fourth-order valence-corrected chi connectivity index (χ4v) is 3.51. The van der Waals surface area contributed by atoms with Crippen LogP contribution < -0.4 is 5.56 Å². The first-order chi connectivity index (χ1) is 14.0. The molecule has 0 bridgehead atoms. The Hall–Kier alpha value is -3.31. The van der Waals surface area contributed by atoms with Gasteiger partial charge in [-0.3, -0.25) is 14.6 Å². The molecule has 29 heavy (non-hydrogen) atoms. The van der Waals surface area contributed by atoms with Crippen LogP contribution in [0.4, 0.5) is 0 Å². The van der Waals surface area contributed by atoms with Gasteiger partial charge in [0.1, 0.15) is 0 Å². The smallest absolute Gasteiger partial charge is 0.260 e. The van der Waals surface area contributed by atoms with Gasteiger partial charge in [-0.05, 0) is 64.8 Å². The second kappa shape index (κ2) is 7.97. The molecule has 0 aliphatic heterocycles. The first-order valence-corrected chi connectivity index (χ1v) is 9.88. The number of nitrogens with one attached hydrogen (secondary N) is 1. The molecule has 0 saturated carbocycles. The predicted molar refractivity (Wildman–Crippen MR) is 120 cm³/mol. The summed E-state index contributed by atoms with van der Waals surface area (Å²) in [5.41, 5.74) is 3.58. The molecule has 1 N–H and O–H groups in total. The Bertz CT molecular complexity index is 1290. The molecule has 2 aromatic heterocycles. The van der Waals surface area contributed by atoms with Gasteiger partial charge in [-0.25, -0.2) is 0 Å². The van der Waals surface area contributed by atoms with Crippen LogP contribution >= 0.6 is 15.9 Å². The molecule has 0 saturated heterocycles. The summed E-state index contributed by atoms with van der Waals surface area (Å²) in [6.07, 6.45) is 4.67. The van der Waals surface area contributed by atoms with Crippen LogP contribution in [0.15, 0.2) is 82.2 Å². The van der Waals surface area contributed by atoms with E-state index in [1.165, 1.54) is 6.08 Å². The fraction of sp³-hybridized carbons (Fsp3) is 0.0417. The highest BCUT2D eigenvalue weighted by Gasteiger charge is 2.19. The highest BCUT2D eigenvalue weighted by molar-refractivity contribution is 9.10. The summed E-state index contributed by atoms with van der Waals surface area (Å²) in [6.45, 7) is 1.99. The summed E-state index contributed by atoms with van der Waals surface area (Å²) in [5.74, 6) is -0.363. The molecule has 0 aliphatic rings. The van der Waals surface area contributed by atoms with Gasteiger partial charge in [0.15, 0.2) is 5.78 Å². The quantitative estimate of drug-likeness (QED) is 0.331. The van der Waals surface area contributed by atoms with Gasteiger partial charge in [-0.2, -0.15) is 0 Å². The summed E-state index contributed by atoms with van der Waals surface area (Å²) >= 11 is 3.34. The molecule has 5 heteroatoms. The van der Waals surface area contributed by atoms with Crippen LogP contribution in [0.2, 0.25) is 0 Å². The third-order valence-electron chi connectivity index (χ3n) is 4.63. The average Bonchev–Trinajstić information content (AvgIpc) is 2.73. The highest BCUT2D eigenvalue weighted by atomic mass is 79.9. The van der Waals surface area contributed by atoms with Crippen LogP contribution in [-0.2, 0) is 0 Å². The number of aryl methyl sites for hydroxylation is 1. The molecule has 2 heterocycles. The van der Waals surface area contributed by atoms with Gasteiger partial charge in [-0.1, -0.05) is 42.0 Å². The SMILES string of the molecule is Cc1ccc2[nH]c(=O)c(C(=O)/C=C/c3ccc(Br)cn3)c(-c3ccccc3)c2c1. The number of H-pyrrole nitrogens is 1. The zero-order valence-corrected chi connectivity index (χ0v) is 17.2. The molecular weight excluding hydrogens is 428 g/mol. The molecule has 0 radical (unpaired) electrons. The molecule has 0 amide bonds. The van der Waals surface area contributed by atoms with Crippen molar-refractivity contribution < 1.29 is 4.79 Å². The van der Waals surface area contributed by atoms with Crippen LogP contribution in [0.5, 0.6) is 0 Å². The lowest BCUT2D eigenvalue weighted by Gasteiger charge is -2.12. The summed E-state index contributed by atoms with van der Waals surface area (Å²) in [5, 5.41) is 0.842. The van der Waals surface area contributed by atoms with Crippen molar-refractivity contribution in [3.63, 3.8) is 0 Å². The van der Waals surface area contributed by atoms with Crippen LogP contribution in [0.1, 0.15) is 21.6 Å². The minimum atomic E-state index is -0.404. The number of aromatic amines is 1. The largest absolute Gasteiger partial charge is 0.321 e. The molecule has 0 spiro atoms. The predicted octanol–water partition coefficient (Wildman–Crippen LogP) is 5.56. The molecule has 0 atom stereocenters. The minimum Gasteiger partial charge on any atom is -0.321 e. The standard InChI is InChI=1S/C24H17BrN2O2/c1-15-7-11-20-19(13-15)22(16-5-3-2-4-6-16)23(24(29)27-20)21(28)12-10-18-9-8-17(25)14-26-18/h2-14H,1H3,(H,27,29)/b12-10+. The van der Waals surface area contributed by atoms with Gasteiger partial charge in [0.25, 0.3) is 5.56 Å². The van der Waals surface area contributed by atoms with Gasteiger partial charge in [0.2, 0.25) is 0 Å². The summed E-state index contributed by atoms with van der Waals surface area (Å²) in [6, 6.07) is 19.0. The van der Waals surface area contributed by atoms with E-state index >= 15 is 0 Å². The number of hydrogen-bond donors (Lipinski definition) is 1. The second-order valence-electron chi connectivity index (χ2n) is 6.72. The zero-order valence-electron chi connectivity index (χ0n) is 15.6. The van der Waals surface area contributed by atoms with E-state index in [-0.39, 0.29) is 11.3 Å². The molecule has 4 nitrogen and oxygen atoms in total. The molecule has 2 aromatic carbocycles. The lowest BCUT2D eigenvalue weighted by atomic mass is 9.93. The van der Waals surface area contributed by atoms with Crippen LogP contribution in [-0.4, -0.2) is 15.8 Å². The number of hydrogen-bond acceptors (Lipinski definition) is 3. The van der Waals surface area contributed by atoms with Crippen molar-refractivity contribution in [3.8, 4) is 11.1 Å². The number of ketones is 1. The first kappa shape index (κ1) is 19.0. The molecule has 4 aromatic rings. The maximum absolute atomic E-state index is 13.1. The Kier molecular flexibility index (Phi) is 5.23. The average molecular weight is 445 g/mol. The molecule has 0 aliphatic carbocycles. The molecular formula is C24H17BrN2O2. The third-order valence-corrected chi connectivity index (χ3v) is 5.10. The maximum Gasteiger partial charge on any atom is 0.260 e. The number of fused-ring (bicyclic) bond motifs is 1. The summed E-state index contributed by atoms with van der Waals surface area (Å²) in [7, 11) is 0. The molecule has 142 valence electrons. The molecule has 0 fully saturated rings. The number of carbonyl (C=O) groups excluding carboxylic acids is 1. The van der Waals surface area contributed by atoms with Gasteiger partial charge in [-0.15, -0.1) is 0 Å². The van der Waals surface area contributed by atoms with Gasteiger partial charge in [0.05, 0.1) is 11.3 Å². The van der Waals surface area contributed by atoms with Crippen LogP contribution in [0, 0.1) is 6.92 Å². The monoisotopic (exact) mass is 444 g/mol. The number of pyridine rings is 2. The first-order valence-electron chi connectivity index (χ1n) is 9.09. The maximum atomic E-state index is 13.1. The van der Waals surface area contributed by atoms with Gasteiger partial charge >= 0.3 is 0 Å².